The molecule has 0 aromatic carbocycles. The lowest BCUT2D eigenvalue weighted by Gasteiger charge is -2.32. The van der Waals surface area contributed by atoms with Gasteiger partial charge in [0.15, 0.2) is 5.76 Å². The average Bonchev–Trinajstić information content (AvgIpc) is 3.05. The van der Waals surface area contributed by atoms with Gasteiger partial charge in [-0.3, -0.25) is 14.6 Å². The van der Waals surface area contributed by atoms with E-state index in [4.69, 9.17) is 4.42 Å². The summed E-state index contributed by atoms with van der Waals surface area (Å²) in [5.41, 5.74) is 0.749. The molecular weight excluding hydrogens is 270 g/mol. The standard InChI is InChI=1S/C15H15N3O3/c19-14(13-6-3-9-21-13)17-12-5-2-8-18(15(12)20)11-4-1-7-16-10-11/h1,3-4,6-7,9-10,12H,2,5,8H2,(H,17,19)/t12-/m0/s1. The maximum absolute atomic E-state index is 12.5. The Morgan fingerprint density at radius 1 is 1.38 bits per heavy atom. The molecule has 108 valence electrons. The molecule has 1 atom stereocenters. The Labute approximate surface area is 121 Å². The summed E-state index contributed by atoms with van der Waals surface area (Å²) in [6.45, 7) is 0.637. The fourth-order valence-corrected chi connectivity index (χ4v) is 2.42. The molecule has 0 unspecified atom stereocenters. The number of carbonyl (C=O) groups is 2. The normalized spacial score (nSPS) is 18.6. The average molecular weight is 285 g/mol. The number of furan rings is 1. The molecule has 1 saturated heterocycles. The van der Waals surface area contributed by atoms with Gasteiger partial charge < -0.3 is 14.6 Å². The summed E-state index contributed by atoms with van der Waals surface area (Å²) < 4.78 is 5.04. The summed E-state index contributed by atoms with van der Waals surface area (Å²) in [5.74, 6) is -0.276. The van der Waals surface area contributed by atoms with Crippen molar-refractivity contribution in [2.75, 3.05) is 11.4 Å². The van der Waals surface area contributed by atoms with Crippen LogP contribution in [0.25, 0.3) is 0 Å². The summed E-state index contributed by atoms with van der Waals surface area (Å²) in [5, 5.41) is 2.73. The monoisotopic (exact) mass is 285 g/mol. The summed E-state index contributed by atoms with van der Waals surface area (Å²) >= 11 is 0. The molecule has 2 aromatic rings. The van der Waals surface area contributed by atoms with E-state index < -0.39 is 6.04 Å². The SMILES string of the molecule is O=C(N[C@H]1CCCN(c2cccnc2)C1=O)c1ccco1. The molecule has 3 heterocycles. The van der Waals surface area contributed by atoms with Gasteiger partial charge in [-0.15, -0.1) is 0 Å². The molecule has 1 aliphatic heterocycles. The smallest absolute Gasteiger partial charge is 0.287 e. The Bertz CT molecular complexity index is 625. The minimum atomic E-state index is -0.531. The number of pyridine rings is 1. The number of carbonyl (C=O) groups excluding carboxylic acids is 2. The first-order chi connectivity index (χ1) is 10.3. The van der Waals surface area contributed by atoms with Crippen LogP contribution in [0.15, 0.2) is 47.3 Å². The van der Waals surface area contributed by atoms with Crippen LogP contribution in [0, 0.1) is 0 Å². The van der Waals surface area contributed by atoms with Gasteiger partial charge in [-0.05, 0) is 37.1 Å². The van der Waals surface area contributed by atoms with Crippen molar-refractivity contribution < 1.29 is 14.0 Å². The number of hydrogen-bond donors (Lipinski definition) is 1. The van der Waals surface area contributed by atoms with Crippen molar-refractivity contribution >= 4 is 17.5 Å². The van der Waals surface area contributed by atoms with E-state index in [1.807, 2.05) is 6.07 Å². The van der Waals surface area contributed by atoms with E-state index in [9.17, 15) is 9.59 Å². The highest BCUT2D eigenvalue weighted by Crippen LogP contribution is 2.20. The first-order valence-electron chi connectivity index (χ1n) is 6.81. The second kappa shape index (κ2) is 5.78. The van der Waals surface area contributed by atoms with Gasteiger partial charge in [0.2, 0.25) is 5.91 Å². The van der Waals surface area contributed by atoms with E-state index >= 15 is 0 Å². The zero-order valence-corrected chi connectivity index (χ0v) is 11.4. The van der Waals surface area contributed by atoms with Crippen molar-refractivity contribution in [1.29, 1.82) is 0 Å². The topological polar surface area (TPSA) is 75.4 Å². The maximum Gasteiger partial charge on any atom is 0.287 e. The van der Waals surface area contributed by atoms with E-state index in [1.54, 1.807) is 35.5 Å². The number of nitrogens with zero attached hydrogens (tertiary/aromatic N) is 2. The summed E-state index contributed by atoms with van der Waals surface area (Å²) in [7, 11) is 0. The Morgan fingerprint density at radius 3 is 3.00 bits per heavy atom. The van der Waals surface area contributed by atoms with E-state index in [2.05, 4.69) is 10.3 Å². The third-order valence-electron chi connectivity index (χ3n) is 3.45. The summed E-state index contributed by atoms with van der Waals surface area (Å²) in [4.78, 5) is 30.1. The molecule has 2 amide bonds. The Hall–Kier alpha value is -2.63. The summed E-state index contributed by atoms with van der Waals surface area (Å²) in [6, 6.07) is 6.30. The lowest BCUT2D eigenvalue weighted by molar-refractivity contribution is -0.121. The second-order valence-corrected chi connectivity index (χ2v) is 4.85. The molecule has 3 rings (SSSR count). The lowest BCUT2D eigenvalue weighted by atomic mass is 10.0. The van der Waals surface area contributed by atoms with Crippen LogP contribution in [-0.2, 0) is 4.79 Å². The largest absolute Gasteiger partial charge is 0.459 e. The van der Waals surface area contributed by atoms with Crippen molar-refractivity contribution in [3.05, 3.63) is 48.7 Å². The molecular formula is C15H15N3O3. The van der Waals surface area contributed by atoms with Gasteiger partial charge in [0.05, 0.1) is 18.1 Å². The lowest BCUT2D eigenvalue weighted by Crippen LogP contribution is -2.52. The number of hydrogen-bond acceptors (Lipinski definition) is 4. The first kappa shape index (κ1) is 13.4. The predicted octanol–water partition coefficient (Wildman–Crippen LogP) is 1.60. The molecule has 1 aliphatic rings. The maximum atomic E-state index is 12.5. The molecule has 1 fully saturated rings. The van der Waals surface area contributed by atoms with Crippen molar-refractivity contribution in [3.8, 4) is 0 Å². The molecule has 2 aromatic heterocycles. The Balaban J connectivity index is 1.72. The molecule has 0 radical (unpaired) electrons. The molecule has 0 bridgehead atoms. The van der Waals surface area contributed by atoms with E-state index in [0.29, 0.717) is 13.0 Å². The van der Waals surface area contributed by atoms with Crippen molar-refractivity contribution in [3.63, 3.8) is 0 Å². The van der Waals surface area contributed by atoms with Crippen molar-refractivity contribution in [2.45, 2.75) is 18.9 Å². The summed E-state index contributed by atoms with van der Waals surface area (Å²) in [6.07, 6.45) is 6.19. The van der Waals surface area contributed by atoms with Crippen LogP contribution < -0.4 is 10.2 Å². The van der Waals surface area contributed by atoms with Gasteiger partial charge in [-0.2, -0.15) is 0 Å². The fraction of sp³-hybridized carbons (Fsp3) is 0.267. The Kier molecular flexibility index (Phi) is 3.68. The molecule has 0 spiro atoms. The second-order valence-electron chi connectivity index (χ2n) is 4.85. The number of aromatic nitrogens is 1. The Morgan fingerprint density at radius 2 is 2.29 bits per heavy atom. The fourth-order valence-electron chi connectivity index (χ4n) is 2.42. The molecule has 6 nitrogen and oxygen atoms in total. The highest BCUT2D eigenvalue weighted by molar-refractivity contribution is 6.01. The molecule has 6 heteroatoms. The van der Waals surface area contributed by atoms with E-state index in [0.717, 1.165) is 12.1 Å². The first-order valence-corrected chi connectivity index (χ1v) is 6.81. The third kappa shape index (κ3) is 2.79. The van der Waals surface area contributed by atoms with Gasteiger partial charge in [-0.25, -0.2) is 0 Å². The van der Waals surface area contributed by atoms with Gasteiger partial charge in [0.1, 0.15) is 6.04 Å². The highest BCUT2D eigenvalue weighted by atomic mass is 16.3. The molecule has 0 aliphatic carbocycles. The number of rotatable bonds is 3. The van der Waals surface area contributed by atoms with Crippen LogP contribution in [-0.4, -0.2) is 29.4 Å². The highest BCUT2D eigenvalue weighted by Gasteiger charge is 2.31. The van der Waals surface area contributed by atoms with Gasteiger partial charge in [-0.1, -0.05) is 0 Å². The molecule has 21 heavy (non-hydrogen) atoms. The minimum absolute atomic E-state index is 0.117. The van der Waals surface area contributed by atoms with Crippen LogP contribution in [0.4, 0.5) is 5.69 Å². The zero-order chi connectivity index (χ0) is 14.7. The van der Waals surface area contributed by atoms with Crippen LogP contribution in [0.1, 0.15) is 23.4 Å². The number of anilines is 1. The quantitative estimate of drug-likeness (QED) is 0.929. The van der Waals surface area contributed by atoms with Gasteiger partial charge >= 0.3 is 0 Å². The van der Waals surface area contributed by atoms with Crippen molar-refractivity contribution in [1.82, 2.24) is 10.3 Å². The van der Waals surface area contributed by atoms with Crippen molar-refractivity contribution in [2.24, 2.45) is 0 Å². The van der Waals surface area contributed by atoms with Crippen LogP contribution >= 0.6 is 0 Å². The zero-order valence-electron chi connectivity index (χ0n) is 11.4. The predicted molar refractivity (Wildman–Crippen MR) is 75.8 cm³/mol. The van der Waals surface area contributed by atoms with Gasteiger partial charge in [0, 0.05) is 12.7 Å². The number of amides is 2. The van der Waals surface area contributed by atoms with Crippen LogP contribution in [0.3, 0.4) is 0 Å². The van der Waals surface area contributed by atoms with E-state index in [-0.39, 0.29) is 17.6 Å². The molecule has 1 N–H and O–H groups in total. The van der Waals surface area contributed by atoms with Crippen LogP contribution in [0.5, 0.6) is 0 Å². The van der Waals surface area contributed by atoms with Crippen LogP contribution in [0.2, 0.25) is 0 Å². The molecule has 0 saturated carbocycles. The third-order valence-corrected chi connectivity index (χ3v) is 3.45. The number of piperidine rings is 1. The van der Waals surface area contributed by atoms with E-state index in [1.165, 1.54) is 6.26 Å². The minimum Gasteiger partial charge on any atom is -0.459 e. The van der Waals surface area contributed by atoms with Gasteiger partial charge in [0.25, 0.3) is 5.91 Å². The number of nitrogens with one attached hydrogen (secondary N) is 1.